The van der Waals surface area contributed by atoms with Crippen molar-refractivity contribution < 1.29 is 9.47 Å². The molecule has 0 saturated carbocycles. The van der Waals surface area contributed by atoms with Gasteiger partial charge in [0.15, 0.2) is 0 Å². The number of hydrogen-bond donors (Lipinski definition) is 0. The minimum atomic E-state index is 0.120. The number of alkyl halides is 1. The first-order valence-corrected chi connectivity index (χ1v) is 6.63. The van der Waals surface area contributed by atoms with Crippen molar-refractivity contribution in [3.63, 3.8) is 0 Å². The molecule has 0 unspecified atom stereocenters. The van der Waals surface area contributed by atoms with Gasteiger partial charge in [0.1, 0.15) is 0 Å². The van der Waals surface area contributed by atoms with Gasteiger partial charge >= 0.3 is 0 Å². The minimum Gasteiger partial charge on any atom is -0.381 e. The molecule has 1 aromatic rings. The molecule has 2 nitrogen and oxygen atoms in total. The highest BCUT2D eigenvalue weighted by Crippen LogP contribution is 2.32. The van der Waals surface area contributed by atoms with Crippen LogP contribution < -0.4 is 0 Å². The third kappa shape index (κ3) is 3.70. The van der Waals surface area contributed by atoms with Crippen LogP contribution in [-0.2, 0) is 16.1 Å². The van der Waals surface area contributed by atoms with Gasteiger partial charge in [-0.2, -0.15) is 0 Å². The highest BCUT2D eigenvalue weighted by Gasteiger charge is 2.32. The molecule has 3 heteroatoms. The van der Waals surface area contributed by atoms with Crippen molar-refractivity contribution in [2.75, 3.05) is 25.7 Å². The highest BCUT2D eigenvalue weighted by molar-refractivity contribution is 6.18. The number of hydrogen-bond acceptors (Lipinski definition) is 2. The van der Waals surface area contributed by atoms with Crippen LogP contribution in [0.25, 0.3) is 0 Å². The van der Waals surface area contributed by atoms with Crippen LogP contribution in [0.4, 0.5) is 0 Å². The molecule has 0 radical (unpaired) electrons. The Bertz CT molecular complexity index is 320. The van der Waals surface area contributed by atoms with Gasteiger partial charge in [0.05, 0.1) is 13.2 Å². The van der Waals surface area contributed by atoms with E-state index in [2.05, 4.69) is 12.1 Å². The van der Waals surface area contributed by atoms with Gasteiger partial charge in [-0.3, -0.25) is 0 Å². The van der Waals surface area contributed by atoms with Crippen molar-refractivity contribution in [3.8, 4) is 0 Å². The fraction of sp³-hybridized carbons (Fsp3) is 0.571. The van der Waals surface area contributed by atoms with E-state index in [1.165, 1.54) is 5.56 Å². The molecule has 0 spiro atoms. The summed E-state index contributed by atoms with van der Waals surface area (Å²) >= 11 is 6.08. The third-order valence-corrected chi connectivity index (χ3v) is 3.92. The van der Waals surface area contributed by atoms with E-state index < -0.39 is 0 Å². The summed E-state index contributed by atoms with van der Waals surface area (Å²) in [6.45, 7) is 3.01. The molecule has 1 aliphatic heterocycles. The molecule has 94 valence electrons. The van der Waals surface area contributed by atoms with Gasteiger partial charge in [0, 0.05) is 24.5 Å². The largest absolute Gasteiger partial charge is 0.381 e. The van der Waals surface area contributed by atoms with Crippen molar-refractivity contribution in [1.82, 2.24) is 0 Å². The molecule has 1 aliphatic rings. The van der Waals surface area contributed by atoms with Crippen molar-refractivity contribution in [2.45, 2.75) is 19.4 Å². The molecule has 0 aliphatic carbocycles. The second kappa shape index (κ2) is 6.39. The first-order valence-electron chi connectivity index (χ1n) is 6.10. The van der Waals surface area contributed by atoms with Gasteiger partial charge in [-0.15, -0.1) is 11.6 Å². The zero-order valence-corrected chi connectivity index (χ0v) is 10.8. The smallest absolute Gasteiger partial charge is 0.0717 e. The van der Waals surface area contributed by atoms with E-state index >= 15 is 0 Å². The van der Waals surface area contributed by atoms with Crippen LogP contribution >= 0.6 is 11.6 Å². The van der Waals surface area contributed by atoms with E-state index in [0.29, 0.717) is 12.5 Å². The van der Waals surface area contributed by atoms with E-state index in [4.69, 9.17) is 21.1 Å². The van der Waals surface area contributed by atoms with Gasteiger partial charge in [0.2, 0.25) is 0 Å². The predicted octanol–water partition coefficient (Wildman–Crippen LogP) is 3.24. The molecule has 1 aromatic carbocycles. The normalized spacial score (nSPS) is 19.1. The van der Waals surface area contributed by atoms with Crippen LogP contribution in [0.1, 0.15) is 18.4 Å². The van der Waals surface area contributed by atoms with Gasteiger partial charge in [-0.25, -0.2) is 0 Å². The third-order valence-electron chi connectivity index (χ3n) is 3.36. The molecular weight excluding hydrogens is 236 g/mol. The second-order valence-electron chi connectivity index (χ2n) is 4.72. The van der Waals surface area contributed by atoms with Gasteiger partial charge in [-0.05, 0) is 18.4 Å². The van der Waals surface area contributed by atoms with Gasteiger partial charge in [0.25, 0.3) is 0 Å². The zero-order chi connectivity index (χ0) is 12.0. The summed E-state index contributed by atoms with van der Waals surface area (Å²) < 4.78 is 11.2. The van der Waals surface area contributed by atoms with Crippen LogP contribution in [0.3, 0.4) is 0 Å². The first kappa shape index (κ1) is 12.9. The zero-order valence-electron chi connectivity index (χ0n) is 10.0. The summed E-state index contributed by atoms with van der Waals surface area (Å²) in [5.74, 6) is 0.658. The van der Waals surface area contributed by atoms with E-state index in [1.54, 1.807) is 0 Å². The summed E-state index contributed by atoms with van der Waals surface area (Å²) in [6.07, 6.45) is 2.01. The first-order chi connectivity index (χ1) is 8.35. The lowest BCUT2D eigenvalue weighted by atomic mass is 9.83. The second-order valence-corrected chi connectivity index (χ2v) is 4.99. The molecule has 0 aromatic heterocycles. The number of ether oxygens (including phenoxy) is 2. The maximum Gasteiger partial charge on any atom is 0.0717 e. The van der Waals surface area contributed by atoms with Gasteiger partial charge in [-0.1, -0.05) is 30.3 Å². The topological polar surface area (TPSA) is 18.5 Å². The average Bonchev–Trinajstić information content (AvgIpc) is 2.41. The maximum absolute atomic E-state index is 6.08. The van der Waals surface area contributed by atoms with Crippen LogP contribution in [0.15, 0.2) is 30.3 Å². The molecule has 1 fully saturated rings. The summed E-state index contributed by atoms with van der Waals surface area (Å²) in [4.78, 5) is 0. The molecule has 0 N–H and O–H groups in total. The summed E-state index contributed by atoms with van der Waals surface area (Å²) in [7, 11) is 0. The monoisotopic (exact) mass is 254 g/mol. The summed E-state index contributed by atoms with van der Waals surface area (Å²) in [5, 5.41) is 0. The molecule has 0 atom stereocenters. The Morgan fingerprint density at radius 2 is 1.88 bits per heavy atom. The number of halogens is 1. The molecule has 2 rings (SSSR count). The van der Waals surface area contributed by atoms with Crippen LogP contribution in [0.5, 0.6) is 0 Å². The van der Waals surface area contributed by atoms with Crippen molar-refractivity contribution >= 4 is 11.6 Å². The minimum absolute atomic E-state index is 0.120. The van der Waals surface area contributed by atoms with E-state index in [9.17, 15) is 0 Å². The Hall–Kier alpha value is -0.570. The predicted molar refractivity (Wildman–Crippen MR) is 69.3 cm³/mol. The molecule has 0 bridgehead atoms. The fourth-order valence-electron chi connectivity index (χ4n) is 2.08. The fourth-order valence-corrected chi connectivity index (χ4v) is 2.42. The average molecular weight is 255 g/mol. The lowest BCUT2D eigenvalue weighted by Crippen LogP contribution is -2.35. The Labute approximate surface area is 108 Å². The maximum atomic E-state index is 6.08. The molecular formula is C14H19ClO2. The van der Waals surface area contributed by atoms with Crippen LogP contribution in [-0.4, -0.2) is 25.7 Å². The van der Waals surface area contributed by atoms with Crippen molar-refractivity contribution in [2.24, 2.45) is 5.41 Å². The lowest BCUT2D eigenvalue weighted by Gasteiger charge is -2.35. The lowest BCUT2D eigenvalue weighted by molar-refractivity contribution is -0.0324. The Morgan fingerprint density at radius 1 is 1.18 bits per heavy atom. The molecule has 1 saturated heterocycles. The van der Waals surface area contributed by atoms with E-state index in [-0.39, 0.29) is 5.41 Å². The van der Waals surface area contributed by atoms with Crippen molar-refractivity contribution in [1.29, 1.82) is 0 Å². The SMILES string of the molecule is ClCC1(COCc2ccccc2)CCOCC1. The molecule has 0 amide bonds. The summed E-state index contributed by atoms with van der Waals surface area (Å²) in [5.41, 5.74) is 1.33. The van der Waals surface area contributed by atoms with Crippen LogP contribution in [0.2, 0.25) is 0 Å². The molecule has 17 heavy (non-hydrogen) atoms. The van der Waals surface area contributed by atoms with Crippen molar-refractivity contribution in [3.05, 3.63) is 35.9 Å². The van der Waals surface area contributed by atoms with E-state index in [1.807, 2.05) is 18.2 Å². The quantitative estimate of drug-likeness (QED) is 0.751. The Balaban J connectivity index is 1.80. The molecule has 1 heterocycles. The number of benzene rings is 1. The standard InChI is InChI=1S/C14H19ClO2/c15-11-14(6-8-16-9-7-14)12-17-10-13-4-2-1-3-5-13/h1-5H,6-12H2. The van der Waals surface area contributed by atoms with E-state index in [0.717, 1.165) is 32.7 Å². The highest BCUT2D eigenvalue weighted by atomic mass is 35.5. The summed E-state index contributed by atoms with van der Waals surface area (Å²) in [6, 6.07) is 10.2. The Morgan fingerprint density at radius 3 is 2.53 bits per heavy atom. The van der Waals surface area contributed by atoms with Gasteiger partial charge < -0.3 is 9.47 Å². The Kier molecular flexibility index (Phi) is 4.84. The number of rotatable bonds is 5. The van der Waals surface area contributed by atoms with Crippen LogP contribution in [0, 0.1) is 5.41 Å².